The van der Waals surface area contributed by atoms with Crippen molar-refractivity contribution >= 4 is 0 Å². The van der Waals surface area contributed by atoms with Crippen LogP contribution in [0.15, 0.2) is 90.0 Å². The summed E-state index contributed by atoms with van der Waals surface area (Å²) in [6.07, 6.45) is 6.56. The first-order valence-electron chi connectivity index (χ1n) is 11.3. The Morgan fingerprint density at radius 1 is 0.892 bits per heavy atom. The number of hydrogen-bond donors (Lipinski definition) is 0. The summed E-state index contributed by atoms with van der Waals surface area (Å²) >= 11 is 0. The van der Waals surface area contributed by atoms with Crippen molar-refractivity contribution in [1.82, 2.24) is 29.9 Å². The molecule has 0 unspecified atom stereocenters. The van der Waals surface area contributed by atoms with Gasteiger partial charge in [0.2, 0.25) is 0 Å². The van der Waals surface area contributed by atoms with Gasteiger partial charge in [-0.3, -0.25) is 9.67 Å². The number of benzene rings is 2. The van der Waals surface area contributed by atoms with Crippen molar-refractivity contribution in [3.05, 3.63) is 108 Å². The molecule has 2 aliphatic heterocycles. The maximum atomic E-state index is 14.2. The van der Waals surface area contributed by atoms with E-state index in [1.54, 1.807) is 23.3 Å². The maximum absolute atomic E-state index is 14.2. The van der Waals surface area contributed by atoms with Crippen molar-refractivity contribution in [2.45, 2.75) is 13.2 Å². The number of halogens is 2. The minimum absolute atomic E-state index is 0.00252. The highest BCUT2D eigenvalue weighted by molar-refractivity contribution is 5.65. The lowest BCUT2D eigenvalue weighted by atomic mass is 10.1. The van der Waals surface area contributed by atoms with Gasteiger partial charge in [0.25, 0.3) is 0 Å². The average molecular weight is 496 g/mol. The maximum Gasteiger partial charge on any atom is 0.169 e. The molecule has 2 aliphatic rings. The minimum atomic E-state index is -0.984. The van der Waals surface area contributed by atoms with Crippen molar-refractivity contribution in [2.75, 3.05) is 0 Å². The van der Waals surface area contributed by atoms with E-state index >= 15 is 0 Å². The van der Waals surface area contributed by atoms with Gasteiger partial charge in [-0.05, 0) is 29.8 Å². The molecule has 0 N–H and O–H groups in total. The highest BCUT2D eigenvalue weighted by Gasteiger charge is 2.18. The van der Waals surface area contributed by atoms with Crippen LogP contribution in [0.25, 0.3) is 34.0 Å². The fraction of sp³-hybridized carbons (Fsp3) is 0.0741. The van der Waals surface area contributed by atoms with E-state index < -0.39 is 11.6 Å². The summed E-state index contributed by atoms with van der Waals surface area (Å²) in [5, 5.41) is 8.50. The Kier molecular flexibility index (Phi) is 5.81. The van der Waals surface area contributed by atoms with E-state index in [1.807, 2.05) is 42.5 Å². The molecule has 0 radical (unpaired) electrons. The third-order valence-electron chi connectivity index (χ3n) is 5.67. The number of fused-ring (bicyclic) bond motifs is 1. The standard InChI is InChI=1S/C27H18F2N6O2/c28-22-5-1-4-21(26(22)29)27-32-24-13-31-35(15-25(24)33-27)14-20-11-23(34-37-20)18-8-6-17(7-9-18)16-36-19-3-2-10-30-12-19/h1-13,15H,14,16H2. The number of imidazole rings is 1. The summed E-state index contributed by atoms with van der Waals surface area (Å²) in [5.74, 6) is -0.535. The third kappa shape index (κ3) is 4.76. The summed E-state index contributed by atoms with van der Waals surface area (Å²) in [4.78, 5) is 12.7. The van der Waals surface area contributed by atoms with Gasteiger partial charge in [-0.2, -0.15) is 5.10 Å². The molecule has 10 heteroatoms. The van der Waals surface area contributed by atoms with Crippen LogP contribution in [0, 0.1) is 11.6 Å². The summed E-state index contributed by atoms with van der Waals surface area (Å²) in [5.41, 5.74) is 3.57. The number of rotatable bonds is 7. The highest BCUT2D eigenvalue weighted by atomic mass is 19.2. The van der Waals surface area contributed by atoms with E-state index in [-0.39, 0.29) is 11.4 Å². The molecule has 4 aromatic rings. The number of ether oxygens (including phenoxy) is 1. The lowest BCUT2D eigenvalue weighted by Gasteiger charge is -2.06. The van der Waals surface area contributed by atoms with Gasteiger partial charge < -0.3 is 9.26 Å². The fourth-order valence-corrected chi connectivity index (χ4v) is 3.80. The van der Waals surface area contributed by atoms with Crippen molar-refractivity contribution in [3.8, 4) is 39.8 Å². The molecule has 6 rings (SSSR count). The van der Waals surface area contributed by atoms with Crippen LogP contribution in [0.1, 0.15) is 11.3 Å². The highest BCUT2D eigenvalue weighted by Crippen LogP contribution is 2.27. The van der Waals surface area contributed by atoms with Crippen LogP contribution in [-0.4, -0.2) is 29.9 Å². The molecule has 0 spiro atoms. The quantitative estimate of drug-likeness (QED) is 0.292. The van der Waals surface area contributed by atoms with Gasteiger partial charge in [-0.15, -0.1) is 0 Å². The predicted octanol–water partition coefficient (Wildman–Crippen LogP) is 5.40. The molecule has 37 heavy (non-hydrogen) atoms. The second kappa shape index (κ2) is 9.57. The zero-order chi connectivity index (χ0) is 25.2. The van der Waals surface area contributed by atoms with E-state index in [2.05, 4.69) is 25.2 Å². The fourth-order valence-electron chi connectivity index (χ4n) is 3.80. The van der Waals surface area contributed by atoms with Gasteiger partial charge in [-0.25, -0.2) is 18.7 Å². The van der Waals surface area contributed by atoms with E-state index in [0.29, 0.717) is 41.7 Å². The van der Waals surface area contributed by atoms with E-state index in [4.69, 9.17) is 9.26 Å². The van der Waals surface area contributed by atoms with Crippen LogP contribution < -0.4 is 4.74 Å². The number of pyridine rings is 1. The SMILES string of the molecule is Fc1cccc(-c2nc3cnn(Cc4cc(-c5ccc(COc6cccnc6)cc5)no4)cc-3n2)c1F. The van der Waals surface area contributed by atoms with E-state index in [0.717, 1.165) is 17.2 Å². The van der Waals surface area contributed by atoms with Crippen molar-refractivity contribution in [3.63, 3.8) is 0 Å². The molecule has 0 fully saturated rings. The zero-order valence-corrected chi connectivity index (χ0v) is 19.3. The monoisotopic (exact) mass is 496 g/mol. The lowest BCUT2D eigenvalue weighted by molar-refractivity contribution is 0.305. The molecule has 0 aliphatic carbocycles. The second-order valence-electron chi connectivity index (χ2n) is 8.24. The van der Waals surface area contributed by atoms with Crippen molar-refractivity contribution in [1.29, 1.82) is 0 Å². The molecule has 8 nitrogen and oxygen atoms in total. The Labute approximate surface area is 209 Å². The van der Waals surface area contributed by atoms with Crippen LogP contribution in [0.4, 0.5) is 8.78 Å². The third-order valence-corrected chi connectivity index (χ3v) is 5.67. The summed E-state index contributed by atoms with van der Waals surface area (Å²) in [6, 6.07) is 17.3. The Bertz CT molecular complexity index is 1630. The molecular formula is C27H18F2N6O2. The average Bonchev–Trinajstić information content (AvgIpc) is 3.57. The Morgan fingerprint density at radius 2 is 1.76 bits per heavy atom. The van der Waals surface area contributed by atoms with E-state index in [9.17, 15) is 8.78 Å². The van der Waals surface area contributed by atoms with Gasteiger partial charge in [0.05, 0.1) is 24.2 Å². The Hall–Kier alpha value is -4.99. The van der Waals surface area contributed by atoms with Crippen LogP contribution >= 0.6 is 0 Å². The second-order valence-corrected chi connectivity index (χ2v) is 8.24. The summed E-state index contributed by atoms with van der Waals surface area (Å²) in [6.45, 7) is 0.732. The molecule has 182 valence electrons. The Balaban J connectivity index is 1.15. The normalized spacial score (nSPS) is 11.2. The number of nitrogens with zero attached hydrogens (tertiary/aromatic N) is 6. The predicted molar refractivity (Wildman–Crippen MR) is 129 cm³/mol. The Morgan fingerprint density at radius 3 is 2.59 bits per heavy atom. The molecule has 2 aromatic heterocycles. The van der Waals surface area contributed by atoms with Crippen molar-refractivity contribution in [2.24, 2.45) is 0 Å². The van der Waals surface area contributed by atoms with Gasteiger partial charge in [0.15, 0.2) is 23.2 Å². The van der Waals surface area contributed by atoms with Gasteiger partial charge >= 0.3 is 0 Å². The lowest BCUT2D eigenvalue weighted by Crippen LogP contribution is -2.04. The summed E-state index contributed by atoms with van der Waals surface area (Å²) < 4.78 is 40.6. The zero-order valence-electron chi connectivity index (χ0n) is 19.3. The van der Waals surface area contributed by atoms with E-state index in [1.165, 1.54) is 18.3 Å². The molecular weight excluding hydrogens is 478 g/mol. The molecule has 0 bridgehead atoms. The molecule has 0 amide bonds. The minimum Gasteiger partial charge on any atom is -0.487 e. The van der Waals surface area contributed by atoms with Gasteiger partial charge in [0, 0.05) is 17.8 Å². The molecule has 0 atom stereocenters. The smallest absolute Gasteiger partial charge is 0.169 e. The molecule has 0 saturated heterocycles. The molecule has 0 saturated carbocycles. The van der Waals surface area contributed by atoms with Crippen LogP contribution in [0.2, 0.25) is 0 Å². The van der Waals surface area contributed by atoms with Crippen LogP contribution in [0.5, 0.6) is 5.75 Å². The number of aromatic nitrogens is 6. The molecule has 2 aromatic carbocycles. The first-order chi connectivity index (χ1) is 18.1. The molecule has 4 heterocycles. The summed E-state index contributed by atoms with van der Waals surface area (Å²) in [7, 11) is 0. The topological polar surface area (TPSA) is 91.8 Å². The largest absolute Gasteiger partial charge is 0.487 e. The first-order valence-corrected chi connectivity index (χ1v) is 11.3. The van der Waals surface area contributed by atoms with Crippen LogP contribution in [-0.2, 0) is 13.2 Å². The van der Waals surface area contributed by atoms with Crippen molar-refractivity contribution < 1.29 is 18.0 Å². The van der Waals surface area contributed by atoms with Gasteiger partial charge in [0.1, 0.15) is 36.0 Å². The number of hydrogen-bond acceptors (Lipinski definition) is 7. The first kappa shape index (κ1) is 22.5. The van der Waals surface area contributed by atoms with Gasteiger partial charge in [-0.1, -0.05) is 35.5 Å². The van der Waals surface area contributed by atoms with Crippen LogP contribution in [0.3, 0.4) is 0 Å².